The molecule has 1 atom stereocenters. The summed E-state index contributed by atoms with van der Waals surface area (Å²) < 4.78 is 5.50. The van der Waals surface area contributed by atoms with Crippen LogP contribution in [0.15, 0.2) is 36.7 Å². The molecule has 0 aliphatic carbocycles. The van der Waals surface area contributed by atoms with Crippen LogP contribution in [0.1, 0.15) is 39.0 Å². The van der Waals surface area contributed by atoms with Gasteiger partial charge in [-0.15, -0.1) is 0 Å². The summed E-state index contributed by atoms with van der Waals surface area (Å²) in [5.41, 5.74) is 5.84. The first-order valence-corrected chi connectivity index (χ1v) is 11.6. The topological polar surface area (TPSA) is 165 Å². The van der Waals surface area contributed by atoms with Gasteiger partial charge in [-0.2, -0.15) is 0 Å². The third-order valence-corrected chi connectivity index (χ3v) is 5.40. The number of nitrogens with zero attached hydrogens (tertiary/aromatic N) is 4. The standard InChI is InChI=1S/C25H34N8O3/c1-24(2,3)36-23(34)33-9-8-32(15-25(4,35)16-33)22-7-5-6-21(31-22)30-20-10-19(17(11-26)12-27)29-14-18(20)13-28/h5-7,10-14,26,28,35H,8-9,15-16,27H2,1-4H3,(H,29,30,31)/b17-12+,26-11?,28-13?. The van der Waals surface area contributed by atoms with Crippen molar-refractivity contribution in [3.63, 3.8) is 0 Å². The molecular weight excluding hydrogens is 460 g/mol. The van der Waals surface area contributed by atoms with Gasteiger partial charge in [0.15, 0.2) is 0 Å². The Morgan fingerprint density at radius 3 is 2.67 bits per heavy atom. The maximum absolute atomic E-state index is 12.6. The second-order valence-electron chi connectivity index (χ2n) is 9.89. The lowest BCUT2D eigenvalue weighted by Gasteiger charge is -2.31. The molecule has 36 heavy (non-hydrogen) atoms. The zero-order valence-corrected chi connectivity index (χ0v) is 21.1. The Morgan fingerprint density at radius 2 is 2.03 bits per heavy atom. The monoisotopic (exact) mass is 494 g/mol. The molecule has 0 aromatic carbocycles. The van der Waals surface area contributed by atoms with Gasteiger partial charge >= 0.3 is 6.09 Å². The largest absolute Gasteiger partial charge is 0.444 e. The Hall–Kier alpha value is -3.99. The van der Waals surface area contributed by atoms with E-state index in [9.17, 15) is 9.90 Å². The van der Waals surface area contributed by atoms with E-state index in [1.54, 1.807) is 19.1 Å². The van der Waals surface area contributed by atoms with E-state index in [1.165, 1.54) is 23.5 Å². The number of hydrogen-bond donors (Lipinski definition) is 5. The second-order valence-corrected chi connectivity index (χ2v) is 9.89. The van der Waals surface area contributed by atoms with Crippen LogP contribution in [0.4, 0.5) is 22.1 Å². The molecular formula is C25H34N8O3. The van der Waals surface area contributed by atoms with Crippen molar-refractivity contribution >= 4 is 41.4 Å². The van der Waals surface area contributed by atoms with E-state index in [-0.39, 0.29) is 13.1 Å². The number of anilines is 3. The van der Waals surface area contributed by atoms with E-state index in [0.717, 1.165) is 6.21 Å². The first-order valence-electron chi connectivity index (χ1n) is 11.6. The molecule has 0 saturated carbocycles. The minimum absolute atomic E-state index is 0.142. The van der Waals surface area contributed by atoms with Crippen LogP contribution in [-0.4, -0.2) is 75.9 Å². The summed E-state index contributed by atoms with van der Waals surface area (Å²) in [6.45, 7) is 8.36. The van der Waals surface area contributed by atoms with Gasteiger partial charge in [0.05, 0.1) is 23.5 Å². The number of rotatable bonds is 6. The van der Waals surface area contributed by atoms with Gasteiger partial charge in [0, 0.05) is 55.6 Å². The Labute approximate surface area is 211 Å². The highest BCUT2D eigenvalue weighted by molar-refractivity contribution is 6.07. The smallest absolute Gasteiger partial charge is 0.410 e. The number of nitrogens with two attached hydrogens (primary N) is 1. The third kappa shape index (κ3) is 6.79. The molecule has 2 aromatic heterocycles. The maximum Gasteiger partial charge on any atom is 0.410 e. The first kappa shape index (κ1) is 26.6. The highest BCUT2D eigenvalue weighted by atomic mass is 16.6. The van der Waals surface area contributed by atoms with Gasteiger partial charge in [-0.05, 0) is 45.9 Å². The molecule has 0 bridgehead atoms. The van der Waals surface area contributed by atoms with Crippen LogP contribution in [0.5, 0.6) is 0 Å². The van der Waals surface area contributed by atoms with Crippen molar-refractivity contribution in [3.8, 4) is 0 Å². The average molecular weight is 495 g/mol. The predicted molar refractivity (Wildman–Crippen MR) is 141 cm³/mol. The van der Waals surface area contributed by atoms with Gasteiger partial charge in [-0.25, -0.2) is 9.78 Å². The van der Waals surface area contributed by atoms with E-state index in [2.05, 4.69) is 10.3 Å². The van der Waals surface area contributed by atoms with Crippen LogP contribution < -0.4 is 16.0 Å². The summed E-state index contributed by atoms with van der Waals surface area (Å²) in [5, 5.41) is 29.4. The molecule has 3 rings (SSSR count). The number of β-amino-alcohol motifs (C(OH)–C–C–N with tert-alkyl or cyclic N) is 1. The predicted octanol–water partition coefficient (Wildman–Crippen LogP) is 2.98. The molecule has 1 aliphatic rings. The number of aromatic nitrogens is 2. The molecule has 192 valence electrons. The number of hydrogen-bond acceptors (Lipinski definition) is 10. The van der Waals surface area contributed by atoms with Crippen molar-refractivity contribution in [2.75, 3.05) is 36.4 Å². The number of nitrogens with one attached hydrogen (secondary N) is 3. The van der Waals surface area contributed by atoms with Gasteiger partial charge in [0.1, 0.15) is 17.2 Å². The Balaban J connectivity index is 1.84. The van der Waals surface area contributed by atoms with E-state index >= 15 is 0 Å². The van der Waals surface area contributed by atoms with Crippen LogP contribution in [-0.2, 0) is 4.74 Å². The van der Waals surface area contributed by atoms with Crippen molar-refractivity contribution < 1.29 is 14.6 Å². The maximum atomic E-state index is 12.6. The molecule has 2 aromatic rings. The number of ether oxygens (including phenoxy) is 1. The number of aliphatic hydroxyl groups is 1. The Morgan fingerprint density at radius 1 is 1.28 bits per heavy atom. The number of carbonyl (C=O) groups is 1. The van der Waals surface area contributed by atoms with Gasteiger partial charge in [0.2, 0.25) is 0 Å². The molecule has 0 radical (unpaired) electrons. The van der Waals surface area contributed by atoms with Crippen molar-refractivity contribution in [1.29, 1.82) is 10.8 Å². The summed E-state index contributed by atoms with van der Waals surface area (Å²) in [5.74, 6) is 1.15. The fraction of sp³-hybridized carbons (Fsp3) is 0.400. The van der Waals surface area contributed by atoms with Gasteiger partial charge < -0.3 is 41.5 Å². The lowest BCUT2D eigenvalue weighted by atomic mass is 10.1. The zero-order chi connectivity index (χ0) is 26.5. The number of allylic oxidation sites excluding steroid dienone is 1. The fourth-order valence-corrected chi connectivity index (χ4v) is 3.81. The molecule has 1 fully saturated rings. The third-order valence-electron chi connectivity index (χ3n) is 5.40. The van der Waals surface area contributed by atoms with Crippen LogP contribution in [0.25, 0.3) is 5.57 Å². The molecule has 11 heteroatoms. The van der Waals surface area contributed by atoms with Crippen LogP contribution >= 0.6 is 0 Å². The minimum Gasteiger partial charge on any atom is -0.444 e. The second kappa shape index (κ2) is 10.7. The van der Waals surface area contributed by atoms with Crippen LogP contribution in [0.3, 0.4) is 0 Å². The van der Waals surface area contributed by atoms with Crippen molar-refractivity contribution in [1.82, 2.24) is 14.9 Å². The summed E-state index contributed by atoms with van der Waals surface area (Å²) in [6, 6.07) is 7.17. The summed E-state index contributed by atoms with van der Waals surface area (Å²) in [6.07, 6.45) is 4.65. The molecule has 1 unspecified atom stereocenters. The molecule has 0 spiro atoms. The molecule has 1 amide bonds. The molecule has 6 N–H and O–H groups in total. The number of pyridine rings is 2. The normalized spacial score (nSPS) is 18.9. The van der Waals surface area contributed by atoms with Crippen LogP contribution in [0.2, 0.25) is 0 Å². The van der Waals surface area contributed by atoms with Crippen molar-refractivity contribution in [2.24, 2.45) is 5.73 Å². The summed E-state index contributed by atoms with van der Waals surface area (Å²) >= 11 is 0. The lowest BCUT2D eigenvalue weighted by molar-refractivity contribution is -0.000277. The Bertz CT molecular complexity index is 1160. The zero-order valence-electron chi connectivity index (χ0n) is 21.1. The quantitative estimate of drug-likeness (QED) is 0.382. The van der Waals surface area contributed by atoms with Gasteiger partial charge in [-0.3, -0.25) is 4.98 Å². The Kier molecular flexibility index (Phi) is 7.93. The SMILES string of the molecule is CC1(O)CN(C(=O)OC(C)(C)C)CCN(c2cccc(Nc3cc(/C(C=N)=C/N)ncc3C=N)n2)C1. The molecule has 1 aliphatic heterocycles. The minimum atomic E-state index is -1.18. The summed E-state index contributed by atoms with van der Waals surface area (Å²) in [4.78, 5) is 25.1. The van der Waals surface area contributed by atoms with Crippen molar-refractivity contribution in [2.45, 2.75) is 38.9 Å². The average Bonchev–Trinajstić information content (AvgIpc) is 2.97. The lowest BCUT2D eigenvalue weighted by Crippen LogP contribution is -2.47. The molecule has 3 heterocycles. The number of amides is 1. The van der Waals surface area contributed by atoms with E-state index in [1.807, 2.05) is 37.8 Å². The van der Waals surface area contributed by atoms with E-state index in [0.29, 0.717) is 47.2 Å². The van der Waals surface area contributed by atoms with E-state index < -0.39 is 17.3 Å². The molecule has 11 nitrogen and oxygen atoms in total. The number of carbonyl (C=O) groups excluding carboxylic acids is 1. The van der Waals surface area contributed by atoms with Crippen molar-refractivity contribution in [3.05, 3.63) is 47.9 Å². The summed E-state index contributed by atoms with van der Waals surface area (Å²) in [7, 11) is 0. The van der Waals surface area contributed by atoms with Crippen LogP contribution in [0, 0.1) is 10.8 Å². The van der Waals surface area contributed by atoms with Gasteiger partial charge in [0.25, 0.3) is 0 Å². The molecule has 1 saturated heterocycles. The fourth-order valence-electron chi connectivity index (χ4n) is 3.81. The van der Waals surface area contributed by atoms with E-state index in [4.69, 9.17) is 26.3 Å². The highest BCUT2D eigenvalue weighted by Crippen LogP contribution is 2.25. The van der Waals surface area contributed by atoms with Gasteiger partial charge in [-0.1, -0.05) is 6.07 Å². The first-order chi connectivity index (χ1) is 16.9. The highest BCUT2D eigenvalue weighted by Gasteiger charge is 2.35.